The molecule has 0 aliphatic carbocycles. The zero-order valence-electron chi connectivity index (χ0n) is 10.4. The van der Waals surface area contributed by atoms with Crippen LogP contribution < -0.4 is 0 Å². The van der Waals surface area contributed by atoms with Gasteiger partial charge in [0.2, 0.25) is 0 Å². The van der Waals surface area contributed by atoms with E-state index in [-0.39, 0.29) is 5.75 Å². The number of fused-ring (bicyclic) bond motifs is 1. The van der Waals surface area contributed by atoms with E-state index < -0.39 is 9.84 Å². The molecule has 17 heavy (non-hydrogen) atoms. The molecule has 0 radical (unpaired) electrons. The maximum atomic E-state index is 11.4. The number of aromatic nitrogens is 1. The predicted molar refractivity (Wildman–Crippen MR) is 70.9 cm³/mol. The normalized spacial score (nSPS) is 12.2. The van der Waals surface area contributed by atoms with Crippen molar-refractivity contribution in [1.29, 1.82) is 0 Å². The molecule has 0 spiro atoms. The summed E-state index contributed by atoms with van der Waals surface area (Å²) in [6.45, 7) is 4.93. The zero-order valence-corrected chi connectivity index (χ0v) is 11.2. The Morgan fingerprint density at radius 3 is 2.59 bits per heavy atom. The van der Waals surface area contributed by atoms with Gasteiger partial charge in [0.1, 0.15) is 0 Å². The van der Waals surface area contributed by atoms with E-state index in [2.05, 4.69) is 11.5 Å². The van der Waals surface area contributed by atoms with Gasteiger partial charge in [-0.15, -0.1) is 0 Å². The molecule has 1 aromatic carbocycles. The fourth-order valence-corrected chi connectivity index (χ4v) is 3.07. The van der Waals surface area contributed by atoms with Gasteiger partial charge in [-0.2, -0.15) is 0 Å². The number of sulfone groups is 1. The van der Waals surface area contributed by atoms with Crippen LogP contribution in [0.3, 0.4) is 0 Å². The van der Waals surface area contributed by atoms with Crippen molar-refractivity contribution >= 4 is 20.7 Å². The van der Waals surface area contributed by atoms with Crippen molar-refractivity contribution in [2.24, 2.45) is 0 Å². The van der Waals surface area contributed by atoms with E-state index in [1.54, 1.807) is 0 Å². The highest BCUT2D eigenvalue weighted by molar-refractivity contribution is 7.89. The van der Waals surface area contributed by atoms with Crippen LogP contribution in [0.5, 0.6) is 0 Å². The van der Waals surface area contributed by atoms with Gasteiger partial charge in [0, 0.05) is 29.9 Å². The second-order valence-electron chi connectivity index (χ2n) is 4.48. The Morgan fingerprint density at radius 1 is 1.29 bits per heavy atom. The summed E-state index contributed by atoms with van der Waals surface area (Å²) >= 11 is 0. The topological polar surface area (TPSA) is 39.1 Å². The largest absolute Gasteiger partial charge is 0.347 e. The highest BCUT2D eigenvalue weighted by Gasteiger charge is 2.13. The summed E-state index contributed by atoms with van der Waals surface area (Å²) in [4.78, 5) is 0. The van der Waals surface area contributed by atoms with Crippen molar-refractivity contribution in [2.45, 2.75) is 26.1 Å². The first-order valence-electron chi connectivity index (χ1n) is 5.67. The number of nitrogens with zero attached hydrogens (tertiary/aromatic N) is 1. The Kier molecular flexibility index (Phi) is 3.00. The Balaban J connectivity index is 2.71. The van der Waals surface area contributed by atoms with Crippen molar-refractivity contribution in [3.8, 4) is 0 Å². The zero-order chi connectivity index (χ0) is 12.6. The molecule has 0 saturated heterocycles. The molecule has 0 atom stereocenters. The fourth-order valence-electron chi connectivity index (χ4n) is 2.29. The van der Waals surface area contributed by atoms with Crippen molar-refractivity contribution in [3.05, 3.63) is 35.5 Å². The van der Waals surface area contributed by atoms with Gasteiger partial charge in [-0.25, -0.2) is 8.42 Å². The van der Waals surface area contributed by atoms with Crippen LogP contribution in [0.15, 0.2) is 24.4 Å². The lowest BCUT2D eigenvalue weighted by Crippen LogP contribution is -2.00. The SMILES string of the molecule is CCn1cc(CS(C)(=O)=O)c2c(C)cccc21. The van der Waals surface area contributed by atoms with Crippen LogP contribution in [-0.2, 0) is 22.1 Å². The third-order valence-corrected chi connectivity index (χ3v) is 3.79. The van der Waals surface area contributed by atoms with Crippen LogP contribution >= 0.6 is 0 Å². The van der Waals surface area contributed by atoms with Gasteiger partial charge in [0.05, 0.1) is 5.75 Å². The highest BCUT2D eigenvalue weighted by Crippen LogP contribution is 2.26. The molecule has 0 aliphatic rings. The lowest BCUT2D eigenvalue weighted by atomic mass is 10.1. The first kappa shape index (κ1) is 12.2. The van der Waals surface area contributed by atoms with Gasteiger partial charge >= 0.3 is 0 Å². The van der Waals surface area contributed by atoms with Crippen molar-refractivity contribution in [1.82, 2.24) is 4.57 Å². The summed E-state index contributed by atoms with van der Waals surface area (Å²) in [5.74, 6) is 0.112. The summed E-state index contributed by atoms with van der Waals surface area (Å²) in [6.07, 6.45) is 3.24. The van der Waals surface area contributed by atoms with Gasteiger partial charge in [0.15, 0.2) is 9.84 Å². The highest BCUT2D eigenvalue weighted by atomic mass is 32.2. The minimum absolute atomic E-state index is 0.112. The van der Waals surface area contributed by atoms with E-state index in [1.165, 1.54) is 6.26 Å². The molecule has 0 saturated carbocycles. The summed E-state index contributed by atoms with van der Waals surface area (Å²) in [6, 6.07) is 6.07. The molecule has 0 aliphatic heterocycles. The molecular formula is C13H17NO2S. The second-order valence-corrected chi connectivity index (χ2v) is 6.62. The van der Waals surface area contributed by atoms with E-state index in [0.717, 1.165) is 28.6 Å². The molecule has 0 fully saturated rings. The lowest BCUT2D eigenvalue weighted by molar-refractivity contribution is 0.601. The molecule has 1 heterocycles. The molecule has 0 N–H and O–H groups in total. The minimum atomic E-state index is -2.99. The summed E-state index contributed by atoms with van der Waals surface area (Å²) < 4.78 is 25.0. The first-order valence-corrected chi connectivity index (χ1v) is 7.73. The number of rotatable bonds is 3. The molecular weight excluding hydrogens is 234 g/mol. The van der Waals surface area contributed by atoms with E-state index in [1.807, 2.05) is 31.3 Å². The second kappa shape index (κ2) is 4.18. The molecule has 3 nitrogen and oxygen atoms in total. The summed E-state index contributed by atoms with van der Waals surface area (Å²) in [7, 11) is -2.99. The van der Waals surface area contributed by atoms with Crippen LogP contribution in [0.25, 0.3) is 10.9 Å². The lowest BCUT2D eigenvalue weighted by Gasteiger charge is -2.01. The molecule has 92 valence electrons. The predicted octanol–water partition coefficient (Wildman–Crippen LogP) is 2.51. The van der Waals surface area contributed by atoms with Gasteiger partial charge in [-0.05, 0) is 31.0 Å². The third-order valence-electron chi connectivity index (χ3n) is 2.95. The van der Waals surface area contributed by atoms with E-state index in [0.29, 0.717) is 0 Å². The van der Waals surface area contributed by atoms with Gasteiger partial charge in [0.25, 0.3) is 0 Å². The number of benzene rings is 1. The van der Waals surface area contributed by atoms with Crippen molar-refractivity contribution in [2.75, 3.05) is 6.26 Å². The van der Waals surface area contributed by atoms with E-state index in [9.17, 15) is 8.42 Å². The van der Waals surface area contributed by atoms with Crippen LogP contribution in [0.4, 0.5) is 0 Å². The molecule has 1 aromatic heterocycles. The van der Waals surface area contributed by atoms with E-state index >= 15 is 0 Å². The molecule has 2 rings (SSSR count). The average molecular weight is 251 g/mol. The molecule has 4 heteroatoms. The number of hydrogen-bond donors (Lipinski definition) is 0. The number of aryl methyl sites for hydroxylation is 2. The third kappa shape index (κ3) is 2.36. The summed E-state index contributed by atoms with van der Waals surface area (Å²) in [5.41, 5.74) is 3.15. The first-order chi connectivity index (χ1) is 7.92. The van der Waals surface area contributed by atoms with Crippen LogP contribution in [0.1, 0.15) is 18.1 Å². The monoisotopic (exact) mass is 251 g/mol. The molecule has 0 bridgehead atoms. The molecule has 0 unspecified atom stereocenters. The maximum Gasteiger partial charge on any atom is 0.151 e. The van der Waals surface area contributed by atoms with Crippen LogP contribution in [0.2, 0.25) is 0 Å². The maximum absolute atomic E-state index is 11.4. The standard InChI is InChI=1S/C13H17NO2S/c1-4-14-8-11(9-17(3,15)16)13-10(2)6-5-7-12(13)14/h5-8H,4,9H2,1-3H3. The van der Waals surface area contributed by atoms with Crippen molar-refractivity contribution in [3.63, 3.8) is 0 Å². The van der Waals surface area contributed by atoms with Gasteiger partial charge < -0.3 is 4.57 Å². The van der Waals surface area contributed by atoms with Crippen molar-refractivity contribution < 1.29 is 8.42 Å². The Labute approximate surface area is 102 Å². The average Bonchev–Trinajstić information content (AvgIpc) is 2.55. The quantitative estimate of drug-likeness (QED) is 0.840. The van der Waals surface area contributed by atoms with E-state index in [4.69, 9.17) is 0 Å². The summed E-state index contributed by atoms with van der Waals surface area (Å²) in [5, 5.41) is 1.08. The van der Waals surface area contributed by atoms with Gasteiger partial charge in [-0.3, -0.25) is 0 Å². The van der Waals surface area contributed by atoms with Crippen LogP contribution in [-0.4, -0.2) is 19.2 Å². The van der Waals surface area contributed by atoms with Crippen LogP contribution in [0, 0.1) is 6.92 Å². The molecule has 0 amide bonds. The Morgan fingerprint density at radius 2 is 2.00 bits per heavy atom. The number of hydrogen-bond acceptors (Lipinski definition) is 2. The molecule has 2 aromatic rings. The Hall–Kier alpha value is -1.29. The minimum Gasteiger partial charge on any atom is -0.347 e. The van der Waals surface area contributed by atoms with Gasteiger partial charge in [-0.1, -0.05) is 12.1 Å². The smallest absolute Gasteiger partial charge is 0.151 e. The Bertz CT molecular complexity index is 653. The fraction of sp³-hybridized carbons (Fsp3) is 0.385.